The van der Waals surface area contributed by atoms with Crippen LogP contribution in [0.1, 0.15) is 63.8 Å². The predicted molar refractivity (Wildman–Crippen MR) is 140 cm³/mol. The minimum absolute atomic E-state index is 0.0852. The van der Waals surface area contributed by atoms with Gasteiger partial charge in [-0.25, -0.2) is 14.2 Å². The number of esters is 1. The van der Waals surface area contributed by atoms with E-state index in [1.807, 2.05) is 55.8 Å². The van der Waals surface area contributed by atoms with Crippen molar-refractivity contribution in [2.45, 2.75) is 76.9 Å². The lowest BCUT2D eigenvalue weighted by Gasteiger charge is -2.42. The molecule has 1 aliphatic heterocycles. The number of aryl methyl sites for hydroxylation is 2. The number of ether oxygens (including phenoxy) is 2. The zero-order valence-electron chi connectivity index (χ0n) is 21.8. The zero-order valence-corrected chi connectivity index (χ0v) is 21.8. The zero-order chi connectivity index (χ0) is 26.2. The van der Waals surface area contributed by atoms with E-state index < -0.39 is 17.4 Å². The number of cyclic esters (lactones) is 1. The van der Waals surface area contributed by atoms with E-state index in [9.17, 15) is 14.3 Å². The van der Waals surface area contributed by atoms with Gasteiger partial charge in [0, 0.05) is 19.9 Å². The van der Waals surface area contributed by atoms with Crippen LogP contribution in [0.3, 0.4) is 0 Å². The number of fused-ring (bicyclic) bond motifs is 1. The van der Waals surface area contributed by atoms with Gasteiger partial charge in [-0.1, -0.05) is 31.0 Å². The third-order valence-electron chi connectivity index (χ3n) is 7.87. The van der Waals surface area contributed by atoms with E-state index in [0.29, 0.717) is 18.7 Å². The molecule has 0 radical (unpaired) electrons. The molecule has 1 N–H and O–H groups in total. The summed E-state index contributed by atoms with van der Waals surface area (Å²) >= 11 is 0. The Morgan fingerprint density at radius 1 is 1.22 bits per heavy atom. The van der Waals surface area contributed by atoms with Crippen molar-refractivity contribution in [2.75, 3.05) is 0 Å². The third-order valence-corrected chi connectivity index (χ3v) is 7.87. The van der Waals surface area contributed by atoms with Gasteiger partial charge in [0.05, 0.1) is 22.7 Å². The van der Waals surface area contributed by atoms with Gasteiger partial charge in [0.1, 0.15) is 17.2 Å². The van der Waals surface area contributed by atoms with Gasteiger partial charge in [-0.05, 0) is 75.3 Å². The maximum Gasteiger partial charge on any atom is 0.338 e. The van der Waals surface area contributed by atoms with Gasteiger partial charge in [-0.3, -0.25) is 0 Å². The highest BCUT2D eigenvalue weighted by Gasteiger charge is 2.48. The van der Waals surface area contributed by atoms with Crippen LogP contribution in [0.2, 0.25) is 0 Å². The maximum absolute atomic E-state index is 14.6. The number of para-hydroxylation sites is 2. The molecule has 2 aromatic carbocycles. The van der Waals surface area contributed by atoms with Crippen LogP contribution in [0.15, 0.2) is 53.8 Å². The molecular formula is C30H35FN2O4. The first-order chi connectivity index (χ1) is 17.8. The number of carbonyl (C=O) groups excluding carboxylic acids is 1. The second-order valence-electron chi connectivity index (χ2n) is 10.7. The quantitative estimate of drug-likeness (QED) is 0.360. The first kappa shape index (κ1) is 25.3. The lowest BCUT2D eigenvalue weighted by molar-refractivity contribution is -0.167. The highest BCUT2D eigenvalue weighted by molar-refractivity contribution is 5.91. The first-order valence-corrected chi connectivity index (χ1v) is 13.3. The van der Waals surface area contributed by atoms with Crippen LogP contribution in [0.4, 0.5) is 4.39 Å². The summed E-state index contributed by atoms with van der Waals surface area (Å²) in [7, 11) is 1.91. The summed E-state index contributed by atoms with van der Waals surface area (Å²) in [5, 5.41) is 11.2. The monoisotopic (exact) mass is 506 g/mol. The van der Waals surface area contributed by atoms with E-state index in [1.54, 1.807) is 6.07 Å². The number of aliphatic hydroxyl groups is 1. The molecule has 3 aromatic rings. The Bertz CT molecular complexity index is 1340. The SMILES string of the molecule is CC(C)Oc1ccc(CCC2(C3CCCC3)CC(O)=C(Cc3nc4ccccc4n3C)C(=O)O2)cc1F. The van der Waals surface area contributed by atoms with E-state index in [1.165, 1.54) is 6.07 Å². The largest absolute Gasteiger partial charge is 0.512 e. The Hall–Kier alpha value is -3.35. The molecule has 196 valence electrons. The molecule has 0 saturated heterocycles. The van der Waals surface area contributed by atoms with Gasteiger partial charge >= 0.3 is 5.97 Å². The number of benzene rings is 2. The molecule has 1 atom stereocenters. The van der Waals surface area contributed by atoms with E-state index in [-0.39, 0.29) is 41.9 Å². The van der Waals surface area contributed by atoms with Crippen molar-refractivity contribution < 1.29 is 23.8 Å². The second-order valence-corrected chi connectivity index (χ2v) is 10.7. The molecule has 1 saturated carbocycles. The van der Waals surface area contributed by atoms with Crippen LogP contribution in [0.25, 0.3) is 11.0 Å². The summed E-state index contributed by atoms with van der Waals surface area (Å²) in [6.45, 7) is 3.72. The molecule has 6 nitrogen and oxygen atoms in total. The summed E-state index contributed by atoms with van der Waals surface area (Å²) in [5.41, 5.74) is 2.11. The van der Waals surface area contributed by atoms with Crippen LogP contribution >= 0.6 is 0 Å². The molecule has 1 fully saturated rings. The average Bonchev–Trinajstić information content (AvgIpc) is 3.51. The lowest BCUT2D eigenvalue weighted by atomic mass is 9.76. The molecule has 1 unspecified atom stereocenters. The number of imidazole rings is 1. The lowest BCUT2D eigenvalue weighted by Crippen LogP contribution is -2.46. The summed E-state index contributed by atoms with van der Waals surface area (Å²) in [4.78, 5) is 18.0. The van der Waals surface area contributed by atoms with Crippen LogP contribution in [0, 0.1) is 11.7 Å². The van der Waals surface area contributed by atoms with E-state index in [4.69, 9.17) is 9.47 Å². The highest BCUT2D eigenvalue weighted by Crippen LogP contribution is 2.46. The summed E-state index contributed by atoms with van der Waals surface area (Å²) in [5.74, 6) is 0.322. The smallest absolute Gasteiger partial charge is 0.338 e. The van der Waals surface area contributed by atoms with Crippen molar-refractivity contribution in [3.8, 4) is 5.75 Å². The van der Waals surface area contributed by atoms with E-state index in [2.05, 4.69) is 4.98 Å². The van der Waals surface area contributed by atoms with E-state index >= 15 is 0 Å². The van der Waals surface area contributed by atoms with Crippen molar-refractivity contribution in [1.29, 1.82) is 0 Å². The number of hydrogen-bond acceptors (Lipinski definition) is 5. The summed E-state index contributed by atoms with van der Waals surface area (Å²) < 4.78 is 28.3. The number of nitrogens with zero attached hydrogens (tertiary/aromatic N) is 2. The minimum atomic E-state index is -0.795. The van der Waals surface area contributed by atoms with Gasteiger partial charge in [0.2, 0.25) is 0 Å². The average molecular weight is 507 g/mol. The van der Waals surface area contributed by atoms with Crippen molar-refractivity contribution in [3.63, 3.8) is 0 Å². The molecule has 0 spiro atoms. The number of halogens is 1. The standard InChI is InChI=1S/C30H35FN2O4/c1-19(2)36-27-13-12-20(16-23(27)31)14-15-30(21-8-4-5-9-21)18-26(34)22(29(35)37-30)17-28-32-24-10-6-7-11-25(24)33(28)3/h6-7,10-13,16,19,21,34H,4-5,8-9,14-15,17-18H2,1-3H3. The fourth-order valence-electron chi connectivity index (χ4n) is 5.90. The van der Waals surface area contributed by atoms with Gasteiger partial charge in [-0.15, -0.1) is 0 Å². The summed E-state index contributed by atoms with van der Waals surface area (Å²) in [6, 6.07) is 12.8. The first-order valence-electron chi connectivity index (χ1n) is 13.3. The Kier molecular flexibility index (Phi) is 6.97. The Balaban J connectivity index is 1.38. The molecule has 7 heteroatoms. The Morgan fingerprint density at radius 3 is 2.65 bits per heavy atom. The van der Waals surface area contributed by atoms with Gasteiger partial charge in [-0.2, -0.15) is 0 Å². The molecule has 0 bridgehead atoms. The molecule has 37 heavy (non-hydrogen) atoms. The van der Waals surface area contributed by atoms with Crippen molar-refractivity contribution >= 4 is 17.0 Å². The highest BCUT2D eigenvalue weighted by atomic mass is 19.1. The van der Waals surface area contributed by atoms with Crippen molar-refractivity contribution in [1.82, 2.24) is 9.55 Å². The van der Waals surface area contributed by atoms with Crippen LogP contribution in [-0.4, -0.2) is 32.3 Å². The number of aromatic nitrogens is 2. The normalized spacial score (nSPS) is 20.7. The van der Waals surface area contributed by atoms with E-state index in [0.717, 1.165) is 42.3 Å². The van der Waals surface area contributed by atoms with Gasteiger partial charge in [0.15, 0.2) is 11.6 Å². The maximum atomic E-state index is 14.6. The number of rotatable bonds is 8. The molecule has 5 rings (SSSR count). The fourth-order valence-corrected chi connectivity index (χ4v) is 5.90. The molecule has 1 aromatic heterocycles. The number of carbonyl (C=O) groups is 1. The molecule has 2 heterocycles. The third kappa shape index (κ3) is 5.09. The van der Waals surface area contributed by atoms with Crippen LogP contribution in [0.5, 0.6) is 5.75 Å². The summed E-state index contributed by atoms with van der Waals surface area (Å²) in [6.07, 6.45) is 5.51. The van der Waals surface area contributed by atoms with Crippen LogP contribution in [-0.2, 0) is 29.4 Å². The fraction of sp³-hybridized carbons (Fsp3) is 0.467. The Morgan fingerprint density at radius 2 is 1.97 bits per heavy atom. The molecular weight excluding hydrogens is 471 g/mol. The number of aliphatic hydroxyl groups excluding tert-OH is 1. The van der Waals surface area contributed by atoms with Gasteiger partial charge in [0.25, 0.3) is 0 Å². The predicted octanol–water partition coefficient (Wildman–Crippen LogP) is 6.36. The molecule has 2 aliphatic rings. The Labute approximate surface area is 217 Å². The molecule has 1 aliphatic carbocycles. The van der Waals surface area contributed by atoms with Crippen LogP contribution < -0.4 is 4.74 Å². The van der Waals surface area contributed by atoms with Crippen molar-refractivity contribution in [2.24, 2.45) is 13.0 Å². The minimum Gasteiger partial charge on any atom is -0.512 e. The second kappa shape index (κ2) is 10.2. The number of hydrogen-bond donors (Lipinski definition) is 1. The van der Waals surface area contributed by atoms with Gasteiger partial charge < -0.3 is 19.1 Å². The van der Waals surface area contributed by atoms with Crippen molar-refractivity contribution in [3.05, 3.63) is 71.0 Å². The topological polar surface area (TPSA) is 73.6 Å². The molecule has 0 amide bonds.